The SMILES string of the molecule is CCN1CC=Cc2cnc(Nc3ccc(Oc4cccnc4)cc3)nc21. The smallest absolute Gasteiger partial charge is 0.229 e. The zero-order valence-corrected chi connectivity index (χ0v) is 14.5. The highest BCUT2D eigenvalue weighted by atomic mass is 16.5. The highest BCUT2D eigenvalue weighted by Gasteiger charge is 2.14. The molecular weight excluding hydrogens is 326 g/mol. The summed E-state index contributed by atoms with van der Waals surface area (Å²) in [5.74, 6) is 3.00. The van der Waals surface area contributed by atoms with E-state index in [2.05, 4.69) is 44.2 Å². The number of hydrogen-bond acceptors (Lipinski definition) is 6. The van der Waals surface area contributed by atoms with Crippen LogP contribution >= 0.6 is 0 Å². The quantitative estimate of drug-likeness (QED) is 0.745. The maximum absolute atomic E-state index is 5.75. The first-order valence-electron chi connectivity index (χ1n) is 8.55. The lowest BCUT2D eigenvalue weighted by atomic mass is 10.2. The van der Waals surface area contributed by atoms with E-state index in [1.54, 1.807) is 12.4 Å². The van der Waals surface area contributed by atoms with E-state index in [0.717, 1.165) is 35.9 Å². The largest absolute Gasteiger partial charge is 0.456 e. The van der Waals surface area contributed by atoms with E-state index >= 15 is 0 Å². The number of benzene rings is 1. The average Bonchev–Trinajstić information content (AvgIpc) is 2.70. The molecular formula is C20H19N5O. The van der Waals surface area contributed by atoms with Crippen molar-refractivity contribution < 1.29 is 4.74 Å². The lowest BCUT2D eigenvalue weighted by Gasteiger charge is -2.25. The Labute approximate surface area is 152 Å². The molecule has 3 aromatic rings. The van der Waals surface area contributed by atoms with Crippen LogP contribution in [0.25, 0.3) is 6.08 Å². The zero-order chi connectivity index (χ0) is 17.8. The molecule has 0 saturated carbocycles. The first kappa shape index (κ1) is 16.1. The lowest BCUT2D eigenvalue weighted by Crippen LogP contribution is -2.27. The number of nitrogens with zero attached hydrogens (tertiary/aromatic N) is 4. The van der Waals surface area contributed by atoms with Crippen molar-refractivity contribution in [2.24, 2.45) is 0 Å². The van der Waals surface area contributed by atoms with Crippen molar-refractivity contribution in [2.75, 3.05) is 23.3 Å². The van der Waals surface area contributed by atoms with Gasteiger partial charge in [-0.3, -0.25) is 4.98 Å². The second kappa shape index (κ2) is 7.23. The molecule has 3 heterocycles. The summed E-state index contributed by atoms with van der Waals surface area (Å²) in [6, 6.07) is 11.4. The van der Waals surface area contributed by atoms with Crippen molar-refractivity contribution in [2.45, 2.75) is 6.92 Å². The minimum atomic E-state index is 0.582. The predicted molar refractivity (Wildman–Crippen MR) is 103 cm³/mol. The van der Waals surface area contributed by atoms with Crippen molar-refractivity contribution in [1.29, 1.82) is 0 Å². The molecule has 6 nitrogen and oxygen atoms in total. The Bertz CT molecular complexity index is 909. The first-order valence-corrected chi connectivity index (χ1v) is 8.55. The highest BCUT2D eigenvalue weighted by molar-refractivity contribution is 5.69. The monoisotopic (exact) mass is 345 g/mol. The van der Waals surface area contributed by atoms with Crippen molar-refractivity contribution >= 4 is 23.5 Å². The van der Waals surface area contributed by atoms with Crippen molar-refractivity contribution in [1.82, 2.24) is 15.0 Å². The van der Waals surface area contributed by atoms with Gasteiger partial charge in [0.2, 0.25) is 5.95 Å². The summed E-state index contributed by atoms with van der Waals surface area (Å²) >= 11 is 0. The van der Waals surface area contributed by atoms with Gasteiger partial charge < -0.3 is 15.0 Å². The van der Waals surface area contributed by atoms with Crippen LogP contribution < -0.4 is 15.0 Å². The summed E-state index contributed by atoms with van der Waals surface area (Å²) in [5, 5.41) is 3.25. The van der Waals surface area contributed by atoms with Gasteiger partial charge >= 0.3 is 0 Å². The third kappa shape index (κ3) is 3.49. The van der Waals surface area contributed by atoms with E-state index in [1.165, 1.54) is 0 Å². The van der Waals surface area contributed by atoms with E-state index in [-0.39, 0.29) is 0 Å². The molecule has 1 aliphatic rings. The van der Waals surface area contributed by atoms with Crippen LogP contribution in [0, 0.1) is 0 Å². The molecule has 0 spiro atoms. The fourth-order valence-corrected chi connectivity index (χ4v) is 2.76. The second-order valence-corrected chi connectivity index (χ2v) is 5.85. The van der Waals surface area contributed by atoms with Crippen LogP contribution in [-0.2, 0) is 0 Å². The molecule has 0 atom stereocenters. The van der Waals surface area contributed by atoms with Gasteiger partial charge in [0.1, 0.15) is 17.3 Å². The maximum Gasteiger partial charge on any atom is 0.229 e. The molecule has 0 bridgehead atoms. The Hall–Kier alpha value is -3.41. The minimum absolute atomic E-state index is 0.582. The van der Waals surface area contributed by atoms with Gasteiger partial charge in [-0.2, -0.15) is 4.98 Å². The third-order valence-corrected chi connectivity index (χ3v) is 4.08. The van der Waals surface area contributed by atoms with Crippen LogP contribution in [-0.4, -0.2) is 28.0 Å². The van der Waals surface area contributed by atoms with Gasteiger partial charge in [-0.1, -0.05) is 12.2 Å². The molecule has 4 rings (SSSR count). The van der Waals surface area contributed by atoms with Crippen molar-refractivity contribution in [3.05, 3.63) is 66.6 Å². The molecule has 1 aliphatic heterocycles. The van der Waals surface area contributed by atoms with Crippen LogP contribution in [0.5, 0.6) is 11.5 Å². The fourth-order valence-electron chi connectivity index (χ4n) is 2.76. The number of ether oxygens (including phenoxy) is 1. The summed E-state index contributed by atoms with van der Waals surface area (Å²) in [4.78, 5) is 15.3. The molecule has 26 heavy (non-hydrogen) atoms. The number of rotatable bonds is 5. The number of likely N-dealkylation sites (N-methyl/N-ethyl adjacent to an activating group) is 1. The Morgan fingerprint density at radius 3 is 2.77 bits per heavy atom. The Kier molecular flexibility index (Phi) is 4.47. The summed E-state index contributed by atoms with van der Waals surface area (Å²) in [5.41, 5.74) is 1.95. The topological polar surface area (TPSA) is 63.2 Å². The predicted octanol–water partition coefficient (Wildman–Crippen LogP) is 4.26. The van der Waals surface area contributed by atoms with Gasteiger partial charge in [-0.25, -0.2) is 4.98 Å². The molecule has 0 unspecified atom stereocenters. The lowest BCUT2D eigenvalue weighted by molar-refractivity contribution is 0.480. The highest BCUT2D eigenvalue weighted by Crippen LogP contribution is 2.26. The average molecular weight is 345 g/mol. The Morgan fingerprint density at radius 2 is 2.00 bits per heavy atom. The number of pyridine rings is 1. The number of anilines is 3. The van der Waals surface area contributed by atoms with Gasteiger partial charge in [-0.15, -0.1) is 0 Å². The van der Waals surface area contributed by atoms with Gasteiger partial charge in [0.05, 0.1) is 6.20 Å². The first-order chi connectivity index (χ1) is 12.8. The van der Waals surface area contributed by atoms with E-state index in [0.29, 0.717) is 11.7 Å². The number of hydrogen-bond donors (Lipinski definition) is 1. The molecule has 0 aliphatic carbocycles. The van der Waals surface area contributed by atoms with Gasteiger partial charge in [-0.05, 0) is 43.3 Å². The molecule has 0 fully saturated rings. The van der Waals surface area contributed by atoms with Crippen LogP contribution in [0.4, 0.5) is 17.5 Å². The molecule has 6 heteroatoms. The summed E-state index contributed by atoms with van der Waals surface area (Å²) in [6.07, 6.45) is 9.44. The fraction of sp³-hybridized carbons (Fsp3) is 0.150. The molecule has 130 valence electrons. The number of fused-ring (bicyclic) bond motifs is 1. The van der Waals surface area contributed by atoms with Gasteiger partial charge in [0.15, 0.2) is 0 Å². The number of aromatic nitrogens is 3. The van der Waals surface area contributed by atoms with E-state index < -0.39 is 0 Å². The Balaban J connectivity index is 1.48. The van der Waals surface area contributed by atoms with Crippen LogP contribution in [0.15, 0.2) is 61.1 Å². The van der Waals surface area contributed by atoms with E-state index in [4.69, 9.17) is 4.74 Å². The summed E-state index contributed by atoms with van der Waals surface area (Å²) in [7, 11) is 0. The van der Waals surface area contributed by atoms with E-state index in [9.17, 15) is 0 Å². The standard InChI is InChI=1S/C20H19N5O/c1-2-25-12-4-5-15-13-22-20(24-19(15)25)23-16-7-9-17(10-8-16)26-18-6-3-11-21-14-18/h3-11,13-14H,2,12H2,1H3,(H,22,23,24). The van der Waals surface area contributed by atoms with Crippen LogP contribution in [0.2, 0.25) is 0 Å². The molecule has 0 amide bonds. The molecule has 1 aromatic carbocycles. The molecule has 1 N–H and O–H groups in total. The molecule has 0 saturated heterocycles. The normalized spacial score (nSPS) is 12.6. The maximum atomic E-state index is 5.75. The van der Waals surface area contributed by atoms with Crippen LogP contribution in [0.1, 0.15) is 12.5 Å². The third-order valence-electron chi connectivity index (χ3n) is 4.08. The zero-order valence-electron chi connectivity index (χ0n) is 14.5. The van der Waals surface area contributed by atoms with E-state index in [1.807, 2.05) is 42.6 Å². The molecule has 2 aromatic heterocycles. The second-order valence-electron chi connectivity index (χ2n) is 5.85. The summed E-state index contributed by atoms with van der Waals surface area (Å²) in [6.45, 7) is 3.91. The van der Waals surface area contributed by atoms with Gasteiger partial charge in [0.25, 0.3) is 0 Å². The Morgan fingerprint density at radius 1 is 1.12 bits per heavy atom. The minimum Gasteiger partial charge on any atom is -0.456 e. The summed E-state index contributed by atoms with van der Waals surface area (Å²) < 4.78 is 5.75. The van der Waals surface area contributed by atoms with Crippen molar-refractivity contribution in [3.8, 4) is 11.5 Å². The van der Waals surface area contributed by atoms with Crippen molar-refractivity contribution in [3.63, 3.8) is 0 Å². The van der Waals surface area contributed by atoms with Crippen LogP contribution in [0.3, 0.4) is 0 Å². The molecule has 0 radical (unpaired) electrons. The van der Waals surface area contributed by atoms with Gasteiger partial charge in [0, 0.05) is 36.7 Å². The number of nitrogens with one attached hydrogen (secondary N) is 1.